The van der Waals surface area contributed by atoms with Crippen molar-refractivity contribution in [1.82, 2.24) is 4.98 Å². The van der Waals surface area contributed by atoms with Crippen LogP contribution in [0.5, 0.6) is 5.75 Å². The number of anilines is 1. The SMILES string of the molecule is Cc1ccc(NC2CCCc3ccc(O)cc32)c(C)n1. The number of aromatic nitrogens is 1. The van der Waals surface area contributed by atoms with Crippen LogP contribution in [0.15, 0.2) is 30.3 Å². The molecule has 1 aromatic heterocycles. The van der Waals surface area contributed by atoms with Gasteiger partial charge in [-0.3, -0.25) is 4.98 Å². The number of rotatable bonds is 2. The molecule has 20 heavy (non-hydrogen) atoms. The Balaban J connectivity index is 1.91. The summed E-state index contributed by atoms with van der Waals surface area (Å²) in [5, 5.41) is 13.3. The fourth-order valence-electron chi connectivity index (χ4n) is 2.96. The molecule has 2 N–H and O–H groups in total. The normalized spacial score (nSPS) is 17.6. The molecule has 0 radical (unpaired) electrons. The number of fused-ring (bicyclic) bond motifs is 1. The van der Waals surface area contributed by atoms with Crippen LogP contribution in [0.1, 0.15) is 41.4 Å². The highest BCUT2D eigenvalue weighted by Gasteiger charge is 2.21. The fourth-order valence-corrected chi connectivity index (χ4v) is 2.96. The number of phenols is 1. The molecule has 1 unspecified atom stereocenters. The summed E-state index contributed by atoms with van der Waals surface area (Å²) in [6.45, 7) is 4.03. The molecule has 0 bridgehead atoms. The molecule has 1 aliphatic carbocycles. The first-order valence-electron chi connectivity index (χ1n) is 7.16. The van der Waals surface area contributed by atoms with E-state index < -0.39 is 0 Å². The maximum atomic E-state index is 9.72. The van der Waals surface area contributed by atoms with E-state index in [1.807, 2.05) is 32.0 Å². The molecule has 104 valence electrons. The van der Waals surface area contributed by atoms with Gasteiger partial charge in [0.25, 0.3) is 0 Å². The van der Waals surface area contributed by atoms with Crippen molar-refractivity contribution in [3.8, 4) is 5.75 Å². The maximum Gasteiger partial charge on any atom is 0.115 e. The van der Waals surface area contributed by atoms with Gasteiger partial charge in [-0.25, -0.2) is 0 Å². The Labute approximate surface area is 119 Å². The highest BCUT2D eigenvalue weighted by Crippen LogP contribution is 2.34. The van der Waals surface area contributed by atoms with Crippen molar-refractivity contribution in [3.05, 3.63) is 52.8 Å². The van der Waals surface area contributed by atoms with Gasteiger partial charge in [0, 0.05) is 5.69 Å². The monoisotopic (exact) mass is 268 g/mol. The Morgan fingerprint density at radius 2 is 2.05 bits per heavy atom. The second-order valence-electron chi connectivity index (χ2n) is 5.56. The molecule has 0 aliphatic heterocycles. The molecule has 1 aromatic carbocycles. The minimum absolute atomic E-state index is 0.258. The average Bonchev–Trinajstić information content (AvgIpc) is 2.42. The molecule has 0 spiro atoms. The summed E-state index contributed by atoms with van der Waals surface area (Å²) in [5.41, 5.74) is 5.70. The number of hydrogen-bond acceptors (Lipinski definition) is 3. The third-order valence-corrected chi connectivity index (χ3v) is 4.00. The zero-order valence-electron chi connectivity index (χ0n) is 12.0. The number of pyridine rings is 1. The van der Waals surface area contributed by atoms with Crippen LogP contribution < -0.4 is 5.32 Å². The lowest BCUT2D eigenvalue weighted by molar-refractivity contribution is 0.471. The van der Waals surface area contributed by atoms with Crippen LogP contribution in [0.3, 0.4) is 0 Å². The topological polar surface area (TPSA) is 45.1 Å². The Bertz CT molecular complexity index is 637. The van der Waals surface area contributed by atoms with E-state index in [0.29, 0.717) is 5.75 Å². The van der Waals surface area contributed by atoms with Crippen LogP contribution in [0.4, 0.5) is 5.69 Å². The quantitative estimate of drug-likeness (QED) is 0.868. The van der Waals surface area contributed by atoms with Gasteiger partial charge < -0.3 is 10.4 Å². The highest BCUT2D eigenvalue weighted by atomic mass is 16.3. The van der Waals surface area contributed by atoms with Crippen molar-refractivity contribution in [2.24, 2.45) is 0 Å². The Morgan fingerprint density at radius 3 is 2.85 bits per heavy atom. The maximum absolute atomic E-state index is 9.72. The molecule has 0 saturated carbocycles. The van der Waals surface area contributed by atoms with Crippen molar-refractivity contribution < 1.29 is 5.11 Å². The average molecular weight is 268 g/mol. The third kappa shape index (κ3) is 2.48. The van der Waals surface area contributed by atoms with E-state index >= 15 is 0 Å². The number of phenolic OH excluding ortho intramolecular Hbond substituents is 1. The molecule has 2 aromatic rings. The molecule has 1 heterocycles. The van der Waals surface area contributed by atoms with Crippen LogP contribution in [-0.2, 0) is 6.42 Å². The summed E-state index contributed by atoms with van der Waals surface area (Å²) in [7, 11) is 0. The van der Waals surface area contributed by atoms with Gasteiger partial charge in [0.1, 0.15) is 5.75 Å². The minimum Gasteiger partial charge on any atom is -0.508 e. The Kier molecular flexibility index (Phi) is 3.35. The zero-order chi connectivity index (χ0) is 14.1. The summed E-state index contributed by atoms with van der Waals surface area (Å²) in [5.74, 6) is 0.344. The molecule has 0 saturated heterocycles. The van der Waals surface area contributed by atoms with Gasteiger partial charge in [-0.15, -0.1) is 0 Å². The van der Waals surface area contributed by atoms with Crippen molar-refractivity contribution >= 4 is 5.69 Å². The Morgan fingerprint density at radius 1 is 1.20 bits per heavy atom. The van der Waals surface area contributed by atoms with Crippen LogP contribution in [-0.4, -0.2) is 10.1 Å². The molecule has 3 heteroatoms. The molecule has 3 nitrogen and oxygen atoms in total. The van der Waals surface area contributed by atoms with Crippen LogP contribution >= 0.6 is 0 Å². The first-order chi connectivity index (χ1) is 9.63. The lowest BCUT2D eigenvalue weighted by Crippen LogP contribution is -2.18. The van der Waals surface area contributed by atoms with Gasteiger partial charge in [0.05, 0.1) is 17.4 Å². The van der Waals surface area contributed by atoms with Gasteiger partial charge in [0.15, 0.2) is 0 Å². The fraction of sp³-hybridized carbons (Fsp3) is 0.353. The summed E-state index contributed by atoms with van der Waals surface area (Å²) < 4.78 is 0. The number of nitrogens with one attached hydrogen (secondary N) is 1. The lowest BCUT2D eigenvalue weighted by Gasteiger charge is -2.28. The van der Waals surface area contributed by atoms with Crippen molar-refractivity contribution in [1.29, 1.82) is 0 Å². The lowest BCUT2D eigenvalue weighted by atomic mass is 9.87. The van der Waals surface area contributed by atoms with E-state index in [0.717, 1.165) is 29.9 Å². The molecule has 1 atom stereocenters. The second kappa shape index (κ2) is 5.16. The van der Waals surface area contributed by atoms with E-state index in [9.17, 15) is 5.11 Å². The molecule has 0 amide bonds. The number of nitrogens with zero attached hydrogens (tertiary/aromatic N) is 1. The van der Waals surface area contributed by atoms with Crippen molar-refractivity contribution in [2.75, 3.05) is 5.32 Å². The summed E-state index contributed by atoms with van der Waals surface area (Å²) in [6, 6.07) is 10.1. The van der Waals surface area contributed by atoms with E-state index in [4.69, 9.17) is 0 Å². The van der Waals surface area contributed by atoms with Gasteiger partial charge in [0.2, 0.25) is 0 Å². The van der Waals surface area contributed by atoms with Crippen molar-refractivity contribution in [3.63, 3.8) is 0 Å². The summed E-state index contributed by atoms with van der Waals surface area (Å²) in [4.78, 5) is 4.50. The number of hydrogen-bond donors (Lipinski definition) is 2. The Hall–Kier alpha value is -2.03. The van der Waals surface area contributed by atoms with Crippen molar-refractivity contribution in [2.45, 2.75) is 39.2 Å². The van der Waals surface area contributed by atoms with E-state index in [2.05, 4.69) is 16.4 Å². The van der Waals surface area contributed by atoms with E-state index in [1.54, 1.807) is 6.07 Å². The predicted molar refractivity (Wildman–Crippen MR) is 81.1 cm³/mol. The number of aryl methyl sites for hydroxylation is 3. The summed E-state index contributed by atoms with van der Waals surface area (Å²) in [6.07, 6.45) is 3.36. The third-order valence-electron chi connectivity index (χ3n) is 4.00. The van der Waals surface area contributed by atoms with Crippen LogP contribution in [0.25, 0.3) is 0 Å². The van der Waals surface area contributed by atoms with Crippen LogP contribution in [0, 0.1) is 13.8 Å². The highest BCUT2D eigenvalue weighted by molar-refractivity contribution is 5.51. The predicted octanol–water partition coefficient (Wildman–Crippen LogP) is 3.89. The van der Waals surface area contributed by atoms with Gasteiger partial charge in [-0.1, -0.05) is 6.07 Å². The molecular weight excluding hydrogens is 248 g/mol. The molecular formula is C17H20N2O. The number of benzene rings is 1. The molecule has 1 aliphatic rings. The minimum atomic E-state index is 0.258. The second-order valence-corrected chi connectivity index (χ2v) is 5.56. The van der Waals surface area contributed by atoms with Crippen LogP contribution in [0.2, 0.25) is 0 Å². The molecule has 3 rings (SSSR count). The van der Waals surface area contributed by atoms with E-state index in [1.165, 1.54) is 17.5 Å². The first kappa shape index (κ1) is 13.0. The largest absolute Gasteiger partial charge is 0.508 e. The number of aromatic hydroxyl groups is 1. The standard InChI is InChI=1S/C17H20N2O/c1-11-6-9-16(12(2)18-11)19-17-5-3-4-13-7-8-14(20)10-15(13)17/h6-10,17,19-20H,3-5H2,1-2H3. The van der Waals surface area contributed by atoms with Gasteiger partial charge in [-0.05, 0) is 68.5 Å². The first-order valence-corrected chi connectivity index (χ1v) is 7.16. The zero-order valence-corrected chi connectivity index (χ0v) is 12.0. The van der Waals surface area contributed by atoms with E-state index in [-0.39, 0.29) is 6.04 Å². The summed E-state index contributed by atoms with van der Waals surface area (Å²) >= 11 is 0. The molecule has 0 fully saturated rings. The smallest absolute Gasteiger partial charge is 0.115 e. The van der Waals surface area contributed by atoms with Gasteiger partial charge in [-0.2, -0.15) is 0 Å². The van der Waals surface area contributed by atoms with Gasteiger partial charge >= 0.3 is 0 Å².